The van der Waals surface area contributed by atoms with Gasteiger partial charge in [0.05, 0.1) is 6.04 Å². The summed E-state index contributed by atoms with van der Waals surface area (Å²) in [7, 11) is 0. The summed E-state index contributed by atoms with van der Waals surface area (Å²) in [6, 6.07) is -0.304. The fraction of sp³-hybridized carbons (Fsp3) is 0.400. The number of aromatic nitrogens is 2. The lowest BCUT2D eigenvalue weighted by molar-refractivity contribution is 0.0823. The molecule has 1 aliphatic heterocycles. The van der Waals surface area contributed by atoms with Gasteiger partial charge >= 0.3 is 0 Å². The monoisotopic (exact) mass is 232 g/mol. The third-order valence-electron chi connectivity index (χ3n) is 2.06. The smallest absolute Gasteiger partial charge is 0.267 e. The number of amides is 1. The number of hydrazone groups is 1. The molecule has 1 aromatic heterocycles. The summed E-state index contributed by atoms with van der Waals surface area (Å²) in [5.41, 5.74) is 2.63. The van der Waals surface area contributed by atoms with Gasteiger partial charge in [-0.1, -0.05) is 12.8 Å². The van der Waals surface area contributed by atoms with Crippen molar-refractivity contribution < 1.29 is 9.42 Å². The summed E-state index contributed by atoms with van der Waals surface area (Å²) < 4.78 is 4.35. The number of hydrogen-bond donors (Lipinski definition) is 1. The van der Waals surface area contributed by atoms with Crippen LogP contribution in [-0.4, -0.2) is 33.1 Å². The summed E-state index contributed by atoms with van der Waals surface area (Å²) in [6.45, 7) is 3.74. The quantitative estimate of drug-likeness (QED) is 0.723. The largest absolute Gasteiger partial charge is 0.286 e. The van der Waals surface area contributed by atoms with E-state index in [1.54, 1.807) is 6.92 Å². The maximum atomic E-state index is 12.0. The van der Waals surface area contributed by atoms with Gasteiger partial charge in [-0.2, -0.15) is 0 Å². The highest BCUT2D eigenvalue weighted by atomic mass is 16.6. The highest BCUT2D eigenvalue weighted by Gasteiger charge is 2.32. The van der Waals surface area contributed by atoms with E-state index in [-0.39, 0.29) is 11.7 Å². The Morgan fingerprint density at radius 3 is 3.00 bits per heavy atom. The van der Waals surface area contributed by atoms with Gasteiger partial charge in [0.1, 0.15) is 0 Å². The van der Waals surface area contributed by atoms with Gasteiger partial charge in [-0.3, -0.25) is 9.69 Å². The van der Waals surface area contributed by atoms with Gasteiger partial charge in [-0.25, -0.2) is 10.1 Å². The molecule has 0 fully saturated rings. The third-order valence-corrected chi connectivity index (χ3v) is 2.06. The minimum absolute atomic E-state index is 0.00606. The lowest BCUT2D eigenvalue weighted by Crippen LogP contribution is -2.41. The van der Waals surface area contributed by atoms with E-state index in [0.717, 1.165) is 6.42 Å². The molecule has 87 valence electrons. The molecular weight excluding hydrogens is 222 g/mol. The van der Waals surface area contributed by atoms with Crippen LogP contribution in [0.1, 0.15) is 30.8 Å². The molecule has 1 N–H and O–H groups in total. The molecule has 2 heterocycles. The van der Waals surface area contributed by atoms with E-state index in [0.29, 0.717) is 5.96 Å². The summed E-state index contributed by atoms with van der Waals surface area (Å²) in [5, 5.41) is 10.5. The van der Waals surface area contributed by atoms with Crippen LogP contribution in [0.5, 0.6) is 0 Å². The number of nitrogens with zero attached hydrogens (tertiary/aromatic N) is 4. The molecular formula is C10H10N5O2. The Balaban J connectivity index is 2.18. The van der Waals surface area contributed by atoms with Crippen molar-refractivity contribution in [3.63, 3.8) is 0 Å². The highest BCUT2D eigenvalue weighted by molar-refractivity contribution is 6.08. The average molecular weight is 232 g/mol. The van der Waals surface area contributed by atoms with E-state index >= 15 is 0 Å². The Bertz CT molecular complexity index is 497. The van der Waals surface area contributed by atoms with Crippen LogP contribution >= 0.6 is 0 Å². The number of nitrogens with one attached hydrogen (secondary N) is 1. The van der Waals surface area contributed by atoms with E-state index in [9.17, 15) is 4.79 Å². The second-order valence-corrected chi connectivity index (χ2v) is 3.30. The first kappa shape index (κ1) is 11.1. The Hall–Kier alpha value is -2.36. The van der Waals surface area contributed by atoms with Crippen molar-refractivity contribution >= 4 is 11.9 Å². The van der Waals surface area contributed by atoms with E-state index in [2.05, 4.69) is 43.5 Å². The van der Waals surface area contributed by atoms with Crippen molar-refractivity contribution in [1.29, 1.82) is 0 Å². The third kappa shape index (κ3) is 2.42. The summed E-state index contributed by atoms with van der Waals surface area (Å²) in [6.07, 6.45) is 3.09. The molecule has 0 bridgehead atoms. The molecule has 1 aliphatic rings. The molecule has 0 spiro atoms. The molecule has 17 heavy (non-hydrogen) atoms. The zero-order chi connectivity index (χ0) is 12.3. The first-order valence-corrected chi connectivity index (χ1v) is 5.10. The van der Waals surface area contributed by atoms with Crippen molar-refractivity contribution in [3.8, 4) is 11.8 Å². The predicted molar refractivity (Wildman–Crippen MR) is 57.4 cm³/mol. The maximum absolute atomic E-state index is 12.0. The van der Waals surface area contributed by atoms with Crippen LogP contribution in [0.25, 0.3) is 0 Å². The number of guanidine groups is 1. The molecule has 0 saturated heterocycles. The van der Waals surface area contributed by atoms with Gasteiger partial charge in [-0.05, 0) is 17.2 Å². The van der Waals surface area contributed by atoms with E-state index in [1.807, 2.05) is 6.92 Å². The molecule has 0 aliphatic carbocycles. The second-order valence-electron chi connectivity index (χ2n) is 3.30. The van der Waals surface area contributed by atoms with Crippen molar-refractivity contribution in [2.24, 2.45) is 5.10 Å². The molecule has 0 aromatic carbocycles. The fourth-order valence-corrected chi connectivity index (χ4v) is 1.25. The Morgan fingerprint density at radius 2 is 2.47 bits per heavy atom. The van der Waals surface area contributed by atoms with Crippen LogP contribution in [0.3, 0.4) is 0 Å². The van der Waals surface area contributed by atoms with Crippen molar-refractivity contribution in [1.82, 2.24) is 20.6 Å². The topological polar surface area (TPSA) is 93.5 Å². The number of carbonyl (C=O) groups excluding carboxylic acids is 1. The summed E-state index contributed by atoms with van der Waals surface area (Å²) >= 11 is 0. The second kappa shape index (κ2) is 4.65. The molecule has 7 nitrogen and oxygen atoms in total. The van der Waals surface area contributed by atoms with E-state index in [4.69, 9.17) is 0 Å². The van der Waals surface area contributed by atoms with Gasteiger partial charge in [0.15, 0.2) is 6.20 Å². The van der Waals surface area contributed by atoms with Crippen LogP contribution in [0.4, 0.5) is 0 Å². The van der Waals surface area contributed by atoms with Gasteiger partial charge in [0.25, 0.3) is 5.91 Å². The number of rotatable bonds is 2. The van der Waals surface area contributed by atoms with Gasteiger partial charge in [0.2, 0.25) is 11.7 Å². The normalized spacial score (nSPS) is 13.9. The van der Waals surface area contributed by atoms with Crippen molar-refractivity contribution in [2.45, 2.75) is 26.3 Å². The average Bonchev–Trinajstić information content (AvgIpc) is 2.99. The predicted octanol–water partition coefficient (Wildman–Crippen LogP) is -0.0119. The SMILES string of the molecule is CCC#CC(C)N(C(=O)c1[c]non1)C1=NN1. The molecule has 1 atom stereocenters. The van der Waals surface area contributed by atoms with Crippen molar-refractivity contribution in [2.75, 3.05) is 0 Å². The molecule has 1 amide bonds. The maximum Gasteiger partial charge on any atom is 0.286 e. The van der Waals surface area contributed by atoms with E-state index in [1.165, 1.54) is 4.90 Å². The standard InChI is InChI=1S/C10H10N5O2/c1-3-4-5-7(2)15(10-12-13-10)9(16)8-6-11-17-14-8/h7H,3H2,1-2H3,(H,12,13). The molecule has 7 heteroatoms. The van der Waals surface area contributed by atoms with Crippen LogP contribution in [0.2, 0.25) is 0 Å². The highest BCUT2D eigenvalue weighted by Crippen LogP contribution is 2.09. The van der Waals surface area contributed by atoms with Crippen LogP contribution < -0.4 is 5.43 Å². The molecule has 0 saturated carbocycles. The minimum Gasteiger partial charge on any atom is -0.267 e. The van der Waals surface area contributed by atoms with Crippen LogP contribution in [0, 0.1) is 18.0 Å². The van der Waals surface area contributed by atoms with Gasteiger partial charge < -0.3 is 0 Å². The number of hydrogen-bond acceptors (Lipinski definition) is 6. The molecule has 1 aromatic rings. The van der Waals surface area contributed by atoms with Crippen LogP contribution in [0.15, 0.2) is 9.73 Å². The number of carbonyl (C=O) groups is 1. The Kier molecular flexibility index (Phi) is 3.05. The first-order valence-electron chi connectivity index (χ1n) is 5.10. The Labute approximate surface area is 97.8 Å². The molecule has 2 rings (SSSR count). The lowest BCUT2D eigenvalue weighted by Gasteiger charge is -2.18. The fourth-order valence-electron chi connectivity index (χ4n) is 1.25. The summed E-state index contributed by atoms with van der Waals surface area (Å²) in [5.74, 6) is 5.92. The Morgan fingerprint density at radius 1 is 1.71 bits per heavy atom. The summed E-state index contributed by atoms with van der Waals surface area (Å²) in [4.78, 5) is 13.4. The minimum atomic E-state index is -0.395. The zero-order valence-corrected chi connectivity index (χ0v) is 9.39. The van der Waals surface area contributed by atoms with Gasteiger partial charge in [-0.15, -0.1) is 11.0 Å². The lowest BCUT2D eigenvalue weighted by atomic mass is 10.2. The van der Waals surface area contributed by atoms with Gasteiger partial charge in [0, 0.05) is 6.42 Å². The zero-order valence-electron chi connectivity index (χ0n) is 9.39. The first-order chi connectivity index (χ1) is 8.24. The molecule has 1 unspecified atom stereocenters. The van der Waals surface area contributed by atoms with E-state index < -0.39 is 5.91 Å². The molecule has 1 radical (unpaired) electrons. The van der Waals surface area contributed by atoms with Crippen LogP contribution in [-0.2, 0) is 0 Å². The van der Waals surface area contributed by atoms with Crippen molar-refractivity contribution in [3.05, 3.63) is 11.9 Å².